The fourth-order valence-electron chi connectivity index (χ4n) is 2.82. The maximum atomic E-state index is 12.7. The summed E-state index contributed by atoms with van der Waals surface area (Å²) in [5.74, 6) is -3.49. The molecular formula is C26H17F6O4S+. The van der Waals surface area contributed by atoms with Crippen molar-refractivity contribution in [1.29, 1.82) is 0 Å². The van der Waals surface area contributed by atoms with Gasteiger partial charge in [0.15, 0.2) is 14.7 Å². The number of carbonyl (C=O) groups is 2. The predicted molar refractivity (Wildman–Crippen MR) is 123 cm³/mol. The molecule has 0 saturated carbocycles. The monoisotopic (exact) mass is 539 g/mol. The van der Waals surface area contributed by atoms with Gasteiger partial charge in [-0.15, -0.1) is 0 Å². The van der Waals surface area contributed by atoms with Gasteiger partial charge in [0.05, 0.1) is 10.9 Å². The Morgan fingerprint density at radius 3 is 1.22 bits per heavy atom. The third-order valence-electron chi connectivity index (χ3n) is 4.70. The first-order chi connectivity index (χ1) is 17.3. The Labute approximate surface area is 210 Å². The molecule has 0 atom stereocenters. The van der Waals surface area contributed by atoms with E-state index in [2.05, 4.69) is 13.2 Å². The van der Waals surface area contributed by atoms with Crippen LogP contribution in [0.3, 0.4) is 0 Å². The van der Waals surface area contributed by atoms with Crippen molar-refractivity contribution >= 4 is 22.8 Å². The van der Waals surface area contributed by atoms with Crippen LogP contribution in [-0.2, 0) is 20.5 Å². The Morgan fingerprint density at radius 1 is 0.568 bits per heavy atom. The average molecular weight is 539 g/mol. The normalized spacial score (nSPS) is 11.6. The second-order valence-corrected chi connectivity index (χ2v) is 9.32. The molecule has 0 aromatic heterocycles. The summed E-state index contributed by atoms with van der Waals surface area (Å²) < 4.78 is 85.4. The second kappa shape index (κ2) is 11.0. The molecule has 0 heterocycles. The van der Waals surface area contributed by atoms with Crippen molar-refractivity contribution in [3.05, 3.63) is 103 Å². The van der Waals surface area contributed by atoms with Crippen LogP contribution in [0.15, 0.2) is 118 Å². The summed E-state index contributed by atoms with van der Waals surface area (Å²) in [5.41, 5.74) is -3.28. The third-order valence-corrected chi connectivity index (χ3v) is 6.93. The van der Waals surface area contributed by atoms with Crippen LogP contribution in [0, 0.1) is 0 Å². The minimum absolute atomic E-state index is 0.122. The Hall–Kier alpha value is -3.99. The van der Waals surface area contributed by atoms with Gasteiger partial charge in [0.1, 0.15) is 22.6 Å². The molecule has 0 amide bonds. The Bertz CT molecular complexity index is 1210. The van der Waals surface area contributed by atoms with Crippen molar-refractivity contribution < 1.29 is 45.4 Å². The predicted octanol–water partition coefficient (Wildman–Crippen LogP) is 6.83. The topological polar surface area (TPSA) is 52.6 Å². The lowest BCUT2D eigenvalue weighted by Crippen LogP contribution is -2.23. The molecule has 0 fully saturated rings. The van der Waals surface area contributed by atoms with E-state index in [1.807, 2.05) is 12.1 Å². The number of halogens is 6. The summed E-state index contributed by atoms with van der Waals surface area (Å²) in [4.78, 5) is 25.6. The van der Waals surface area contributed by atoms with Crippen molar-refractivity contribution in [3.63, 3.8) is 0 Å². The van der Waals surface area contributed by atoms with Crippen LogP contribution in [0.25, 0.3) is 0 Å². The quantitative estimate of drug-likeness (QED) is 0.109. The minimum Gasteiger partial charge on any atom is -0.423 e. The molecule has 4 nitrogen and oxygen atoms in total. The zero-order valence-electron chi connectivity index (χ0n) is 18.7. The van der Waals surface area contributed by atoms with Crippen molar-refractivity contribution in [2.75, 3.05) is 0 Å². The van der Waals surface area contributed by atoms with Crippen molar-refractivity contribution in [2.24, 2.45) is 0 Å². The van der Waals surface area contributed by atoms with Gasteiger partial charge in [0, 0.05) is 0 Å². The summed E-state index contributed by atoms with van der Waals surface area (Å²) in [5, 5.41) is 0. The largest absolute Gasteiger partial charge is 0.423 e. The number of ether oxygens (including phenoxy) is 2. The van der Waals surface area contributed by atoms with Gasteiger partial charge in [-0.05, 0) is 60.7 Å². The summed E-state index contributed by atoms with van der Waals surface area (Å²) in [6, 6.07) is 20.7. The molecule has 3 rings (SSSR count). The summed E-state index contributed by atoms with van der Waals surface area (Å²) >= 11 is 0. The van der Waals surface area contributed by atoms with E-state index in [0.717, 1.165) is 4.90 Å². The van der Waals surface area contributed by atoms with Crippen LogP contribution >= 0.6 is 0 Å². The van der Waals surface area contributed by atoms with E-state index < -0.39 is 46.3 Å². The fraction of sp³-hybridized carbons (Fsp3) is 0.0769. The van der Waals surface area contributed by atoms with Gasteiger partial charge in [-0.1, -0.05) is 31.4 Å². The zero-order valence-corrected chi connectivity index (χ0v) is 19.5. The number of carbonyl (C=O) groups excluding carboxylic acids is 2. The van der Waals surface area contributed by atoms with Crippen LogP contribution < -0.4 is 9.47 Å². The SMILES string of the molecule is C=C(C(=O)Oc1ccc([S+](c2ccccc2)c2ccc(OC(=O)C(=C)C(F)(F)F)cc2)cc1)C(F)(F)F. The average Bonchev–Trinajstić information content (AvgIpc) is 2.84. The van der Waals surface area contributed by atoms with Crippen LogP contribution in [0.5, 0.6) is 11.5 Å². The Morgan fingerprint density at radius 2 is 0.892 bits per heavy atom. The highest BCUT2D eigenvalue weighted by atomic mass is 32.2. The molecule has 37 heavy (non-hydrogen) atoms. The Kier molecular flexibility index (Phi) is 8.17. The number of esters is 2. The third kappa shape index (κ3) is 7.04. The molecule has 0 bridgehead atoms. The highest BCUT2D eigenvalue weighted by Crippen LogP contribution is 2.34. The van der Waals surface area contributed by atoms with E-state index in [4.69, 9.17) is 9.47 Å². The molecule has 0 radical (unpaired) electrons. The second-order valence-electron chi connectivity index (χ2n) is 7.29. The molecule has 3 aromatic carbocycles. The number of alkyl halides is 6. The van der Waals surface area contributed by atoms with E-state index in [-0.39, 0.29) is 11.5 Å². The van der Waals surface area contributed by atoms with E-state index in [1.54, 1.807) is 42.5 Å². The highest BCUT2D eigenvalue weighted by molar-refractivity contribution is 7.97. The van der Waals surface area contributed by atoms with Gasteiger partial charge in [-0.25, -0.2) is 9.59 Å². The van der Waals surface area contributed by atoms with Crippen molar-refractivity contribution in [2.45, 2.75) is 27.0 Å². The number of hydrogen-bond donors (Lipinski definition) is 0. The van der Waals surface area contributed by atoms with Crippen LogP contribution in [0.2, 0.25) is 0 Å². The van der Waals surface area contributed by atoms with Crippen molar-refractivity contribution in [1.82, 2.24) is 0 Å². The standard InChI is InChI=1S/C26H17F6O4S/c1-16(25(27,28)29)23(33)35-18-8-12-21(13-9-18)37(20-6-4-3-5-7-20)22-14-10-19(11-15-22)36-24(34)17(2)26(30,31)32/h3-15H,1-2H2/q+1. The fourth-order valence-corrected chi connectivity index (χ4v) is 4.88. The highest BCUT2D eigenvalue weighted by Gasteiger charge is 2.39. The number of rotatable bonds is 7. The lowest BCUT2D eigenvalue weighted by molar-refractivity contribution is -0.143. The van der Waals surface area contributed by atoms with Crippen LogP contribution in [0.4, 0.5) is 26.3 Å². The van der Waals surface area contributed by atoms with Gasteiger partial charge in [-0.2, -0.15) is 26.3 Å². The molecule has 0 aliphatic rings. The molecule has 192 valence electrons. The molecule has 0 unspecified atom stereocenters. The molecule has 0 N–H and O–H groups in total. The number of benzene rings is 3. The first-order valence-corrected chi connectivity index (χ1v) is 11.5. The first-order valence-electron chi connectivity index (χ1n) is 10.2. The Balaban J connectivity index is 1.85. The van der Waals surface area contributed by atoms with E-state index >= 15 is 0 Å². The van der Waals surface area contributed by atoms with Gasteiger partial charge in [0.2, 0.25) is 0 Å². The molecule has 0 aliphatic heterocycles. The maximum absolute atomic E-state index is 12.7. The van der Waals surface area contributed by atoms with Crippen LogP contribution in [0.1, 0.15) is 0 Å². The van der Waals surface area contributed by atoms with Crippen molar-refractivity contribution in [3.8, 4) is 11.5 Å². The first kappa shape index (κ1) is 27.6. The van der Waals surface area contributed by atoms with Gasteiger partial charge < -0.3 is 9.47 Å². The lowest BCUT2D eigenvalue weighted by atomic mass is 10.3. The van der Waals surface area contributed by atoms with Gasteiger partial charge in [-0.3, -0.25) is 0 Å². The van der Waals surface area contributed by atoms with E-state index in [0.29, 0.717) is 9.79 Å². The molecule has 0 spiro atoms. The van der Waals surface area contributed by atoms with Gasteiger partial charge in [0.25, 0.3) is 0 Å². The summed E-state index contributed by atoms with van der Waals surface area (Å²) in [6.07, 6.45) is -9.84. The van der Waals surface area contributed by atoms with Gasteiger partial charge >= 0.3 is 24.3 Å². The zero-order chi connectivity index (χ0) is 27.4. The molecule has 0 saturated heterocycles. The molecule has 11 heteroatoms. The summed E-state index contributed by atoms with van der Waals surface area (Å²) in [7, 11) is -0.778. The summed E-state index contributed by atoms with van der Waals surface area (Å²) in [6.45, 7) is 5.41. The molecule has 3 aromatic rings. The molecule has 0 aliphatic carbocycles. The lowest BCUT2D eigenvalue weighted by Gasteiger charge is -2.12. The van der Waals surface area contributed by atoms with Crippen LogP contribution in [-0.4, -0.2) is 24.3 Å². The minimum atomic E-state index is -4.92. The molecular weight excluding hydrogens is 522 g/mol. The van der Waals surface area contributed by atoms with E-state index in [1.165, 1.54) is 24.3 Å². The van der Waals surface area contributed by atoms with E-state index in [9.17, 15) is 35.9 Å². The smallest absolute Gasteiger partial charge is 0.422 e. The number of hydrogen-bond acceptors (Lipinski definition) is 4. The maximum Gasteiger partial charge on any atom is 0.422 e.